The number of alkyl carbamates (subject to hydrolysis) is 1. The maximum atomic E-state index is 12.4. The number of amides is 1. The second-order valence-electron chi connectivity index (χ2n) is 7.18. The molecule has 0 saturated heterocycles. The molecule has 0 aromatic heterocycles. The number of nitrogens with one attached hydrogen (secondary N) is 1. The van der Waals surface area contributed by atoms with Crippen molar-refractivity contribution in [3.8, 4) is 0 Å². The van der Waals surface area contributed by atoms with E-state index in [9.17, 15) is 9.59 Å². The lowest BCUT2D eigenvalue weighted by atomic mass is 9.98. The Labute approximate surface area is 144 Å². The van der Waals surface area contributed by atoms with Crippen LogP contribution in [0.5, 0.6) is 0 Å². The van der Waals surface area contributed by atoms with E-state index >= 15 is 0 Å². The van der Waals surface area contributed by atoms with Gasteiger partial charge in [-0.15, -0.1) is 0 Å². The zero-order valence-electron chi connectivity index (χ0n) is 15.5. The van der Waals surface area contributed by atoms with Gasteiger partial charge in [-0.3, -0.25) is 4.79 Å². The summed E-state index contributed by atoms with van der Waals surface area (Å²) in [5.74, 6) is -0.297. The fourth-order valence-corrected chi connectivity index (χ4v) is 2.11. The fourth-order valence-electron chi connectivity index (χ4n) is 2.11. The van der Waals surface area contributed by atoms with Crippen molar-refractivity contribution in [2.24, 2.45) is 5.92 Å². The van der Waals surface area contributed by atoms with E-state index in [2.05, 4.69) is 5.32 Å². The molecule has 0 aliphatic carbocycles. The van der Waals surface area contributed by atoms with Crippen LogP contribution in [0.1, 0.15) is 47.1 Å². The third-order valence-corrected chi connectivity index (χ3v) is 3.37. The highest BCUT2D eigenvalue weighted by Crippen LogP contribution is 2.12. The van der Waals surface area contributed by atoms with E-state index in [0.717, 1.165) is 5.56 Å². The first-order valence-electron chi connectivity index (χ1n) is 8.29. The molecule has 0 fully saturated rings. The number of benzene rings is 1. The summed E-state index contributed by atoms with van der Waals surface area (Å²) < 4.78 is 11.1. The Morgan fingerprint density at radius 3 is 2.17 bits per heavy atom. The number of Topliss-reactive ketones (excluding diaryl/α,β-unsaturated/α-hetero) is 1. The molecule has 0 aliphatic heterocycles. The third kappa shape index (κ3) is 7.13. The maximum Gasteiger partial charge on any atom is 0.408 e. The Kier molecular flexibility index (Phi) is 7.42. The van der Waals surface area contributed by atoms with Gasteiger partial charge in [0.25, 0.3) is 0 Å². The Hall–Kier alpha value is -1.88. The lowest BCUT2D eigenvalue weighted by Gasteiger charge is -2.27. The number of ether oxygens (including phenoxy) is 2. The molecule has 1 rings (SSSR count). The van der Waals surface area contributed by atoms with Gasteiger partial charge < -0.3 is 14.8 Å². The predicted molar refractivity (Wildman–Crippen MR) is 93.7 cm³/mol. The minimum Gasteiger partial charge on any atom is -0.444 e. The molecule has 2 atom stereocenters. The van der Waals surface area contributed by atoms with Crippen LogP contribution in [-0.4, -0.2) is 29.6 Å². The molecular formula is C19H29NO4. The molecule has 1 aromatic rings. The van der Waals surface area contributed by atoms with E-state index < -0.39 is 23.8 Å². The second-order valence-corrected chi connectivity index (χ2v) is 7.18. The van der Waals surface area contributed by atoms with Crippen LogP contribution in [0.4, 0.5) is 4.79 Å². The van der Waals surface area contributed by atoms with E-state index in [1.54, 1.807) is 41.5 Å². The van der Waals surface area contributed by atoms with Crippen LogP contribution < -0.4 is 5.32 Å². The highest BCUT2D eigenvalue weighted by atomic mass is 16.6. The predicted octanol–water partition coefficient (Wildman–Crippen LogP) is 3.71. The average molecular weight is 335 g/mol. The molecule has 5 nitrogen and oxygen atoms in total. The zero-order chi connectivity index (χ0) is 18.3. The third-order valence-electron chi connectivity index (χ3n) is 3.37. The Morgan fingerprint density at radius 2 is 1.67 bits per heavy atom. The van der Waals surface area contributed by atoms with Crippen molar-refractivity contribution < 1.29 is 19.1 Å². The Balaban J connectivity index is 2.73. The summed E-state index contributed by atoms with van der Waals surface area (Å²) in [5.41, 5.74) is 0.390. The van der Waals surface area contributed by atoms with Crippen molar-refractivity contribution in [3.05, 3.63) is 35.9 Å². The first-order valence-corrected chi connectivity index (χ1v) is 8.29. The molecule has 24 heavy (non-hydrogen) atoms. The molecule has 1 N–H and O–H groups in total. The van der Waals surface area contributed by atoms with Crippen molar-refractivity contribution in [2.75, 3.05) is 0 Å². The van der Waals surface area contributed by atoms with Gasteiger partial charge in [0.05, 0.1) is 12.7 Å². The minimum absolute atomic E-state index is 0.0820. The van der Waals surface area contributed by atoms with Crippen LogP contribution in [-0.2, 0) is 20.9 Å². The van der Waals surface area contributed by atoms with Crippen LogP contribution in [0.3, 0.4) is 0 Å². The lowest BCUT2D eigenvalue weighted by Crippen LogP contribution is -2.51. The van der Waals surface area contributed by atoms with Gasteiger partial charge >= 0.3 is 6.09 Å². The van der Waals surface area contributed by atoms with Gasteiger partial charge in [-0.25, -0.2) is 4.79 Å². The molecule has 0 radical (unpaired) electrons. The van der Waals surface area contributed by atoms with Crippen molar-refractivity contribution in [2.45, 2.75) is 65.9 Å². The standard InChI is InChI=1S/C19H29NO4/c1-13(2)17(21)16(20-18(22)24-19(4,5)6)14(3)23-12-15-10-8-7-9-11-15/h7-11,13-14,16H,12H2,1-6H3,(H,20,22)/t14-,16+/m1/s1. The molecule has 1 aromatic carbocycles. The molecule has 134 valence electrons. The number of ketones is 1. The van der Waals surface area contributed by atoms with Crippen molar-refractivity contribution in [1.82, 2.24) is 5.32 Å². The molecule has 0 unspecified atom stereocenters. The van der Waals surface area contributed by atoms with Gasteiger partial charge in [0, 0.05) is 5.92 Å². The van der Waals surface area contributed by atoms with Gasteiger partial charge in [-0.05, 0) is 33.3 Å². The molecular weight excluding hydrogens is 306 g/mol. The molecule has 0 aliphatic rings. The Bertz CT molecular complexity index is 534. The lowest BCUT2D eigenvalue weighted by molar-refractivity contribution is -0.128. The van der Waals surface area contributed by atoms with Gasteiger partial charge in [0.15, 0.2) is 5.78 Å². The van der Waals surface area contributed by atoms with Crippen LogP contribution in [0.25, 0.3) is 0 Å². The number of hydrogen-bond donors (Lipinski definition) is 1. The van der Waals surface area contributed by atoms with Gasteiger partial charge in [0.2, 0.25) is 0 Å². The van der Waals surface area contributed by atoms with Crippen LogP contribution >= 0.6 is 0 Å². The zero-order valence-corrected chi connectivity index (χ0v) is 15.5. The highest BCUT2D eigenvalue weighted by molar-refractivity contribution is 5.89. The number of rotatable bonds is 7. The van der Waals surface area contributed by atoms with Crippen molar-refractivity contribution >= 4 is 11.9 Å². The Morgan fingerprint density at radius 1 is 1.08 bits per heavy atom. The maximum absolute atomic E-state index is 12.4. The fraction of sp³-hybridized carbons (Fsp3) is 0.579. The van der Waals surface area contributed by atoms with Gasteiger partial charge in [-0.1, -0.05) is 44.2 Å². The summed E-state index contributed by atoms with van der Waals surface area (Å²) in [5, 5.41) is 2.66. The van der Waals surface area contributed by atoms with Crippen molar-refractivity contribution in [3.63, 3.8) is 0 Å². The van der Waals surface area contributed by atoms with Crippen LogP contribution in [0.2, 0.25) is 0 Å². The highest BCUT2D eigenvalue weighted by Gasteiger charge is 2.31. The molecule has 0 bridgehead atoms. The second kappa shape index (κ2) is 8.83. The van der Waals surface area contributed by atoms with Gasteiger partial charge in [-0.2, -0.15) is 0 Å². The topological polar surface area (TPSA) is 64.6 Å². The van der Waals surface area contributed by atoms with Crippen molar-refractivity contribution in [1.29, 1.82) is 0 Å². The van der Waals surface area contributed by atoms with E-state index in [1.807, 2.05) is 30.3 Å². The monoisotopic (exact) mass is 335 g/mol. The summed E-state index contributed by atoms with van der Waals surface area (Å²) in [6, 6.07) is 8.95. The van der Waals surface area contributed by atoms with E-state index in [-0.39, 0.29) is 11.7 Å². The van der Waals surface area contributed by atoms with E-state index in [1.165, 1.54) is 0 Å². The number of carbonyl (C=O) groups is 2. The minimum atomic E-state index is -0.747. The summed E-state index contributed by atoms with van der Waals surface area (Å²) in [6.45, 7) is 11.1. The first-order chi connectivity index (χ1) is 11.1. The quantitative estimate of drug-likeness (QED) is 0.825. The van der Waals surface area contributed by atoms with Crippen LogP contribution in [0.15, 0.2) is 30.3 Å². The summed E-state index contributed by atoms with van der Waals surface area (Å²) in [4.78, 5) is 24.5. The van der Waals surface area contributed by atoms with Crippen LogP contribution in [0, 0.1) is 5.92 Å². The average Bonchev–Trinajstić information content (AvgIpc) is 2.48. The van der Waals surface area contributed by atoms with E-state index in [0.29, 0.717) is 6.61 Å². The molecule has 1 amide bonds. The largest absolute Gasteiger partial charge is 0.444 e. The first kappa shape index (κ1) is 20.2. The smallest absolute Gasteiger partial charge is 0.408 e. The normalized spacial score (nSPS) is 14.1. The van der Waals surface area contributed by atoms with Gasteiger partial charge in [0.1, 0.15) is 11.6 Å². The summed E-state index contributed by atoms with van der Waals surface area (Å²) in [6.07, 6.45) is -1.08. The number of hydrogen-bond acceptors (Lipinski definition) is 4. The van der Waals surface area contributed by atoms with E-state index in [4.69, 9.17) is 9.47 Å². The molecule has 0 heterocycles. The molecule has 0 spiro atoms. The molecule has 5 heteroatoms. The summed E-state index contributed by atoms with van der Waals surface area (Å²) in [7, 11) is 0. The molecule has 0 saturated carbocycles. The SMILES string of the molecule is CC(C)C(=O)[C@@H](NC(=O)OC(C)(C)C)[C@@H](C)OCc1ccccc1. The summed E-state index contributed by atoms with van der Waals surface area (Å²) >= 11 is 0. The number of carbonyl (C=O) groups excluding carboxylic acids is 2.